The maximum atomic E-state index is 2.44. The van der Waals surface area contributed by atoms with Crippen molar-refractivity contribution >= 4 is 108 Å². The maximum absolute atomic E-state index is 2.44. The fourth-order valence-corrected chi connectivity index (χ4v) is 12.1. The molecule has 0 radical (unpaired) electrons. The molecule has 10 rings (SSSR count). The third kappa shape index (κ3) is 6.23. The van der Waals surface area contributed by atoms with Crippen LogP contribution in [0.3, 0.4) is 0 Å². The zero-order valence-corrected chi connectivity index (χ0v) is 36.0. The molecule has 0 amide bonds. The predicted octanol–water partition coefficient (Wildman–Crippen LogP) is 17.0. The molecule has 0 aliphatic heterocycles. The van der Waals surface area contributed by atoms with Crippen molar-refractivity contribution in [2.24, 2.45) is 0 Å². The minimum absolute atomic E-state index is 1.17. The van der Waals surface area contributed by atoms with Crippen molar-refractivity contribution in [3.8, 4) is 0 Å². The second kappa shape index (κ2) is 13.9. The van der Waals surface area contributed by atoms with E-state index in [1.54, 1.807) is 0 Å². The third-order valence-electron chi connectivity index (χ3n) is 11.4. The van der Waals surface area contributed by atoms with Gasteiger partial charge in [0.15, 0.2) is 0 Å². The number of rotatable bonds is 6. The molecule has 10 aromatic rings. The number of hydrogen-bond donors (Lipinski definition) is 0. The molecule has 0 saturated carbocycles. The van der Waals surface area contributed by atoms with E-state index in [-0.39, 0.29) is 0 Å². The molecule has 58 heavy (non-hydrogen) atoms. The summed E-state index contributed by atoms with van der Waals surface area (Å²) in [6, 6.07) is 50.8. The summed E-state index contributed by atoms with van der Waals surface area (Å²) in [6.45, 7) is 17.6. The molecule has 284 valence electrons. The summed E-state index contributed by atoms with van der Waals surface area (Å²) in [7, 11) is 0. The molecule has 2 nitrogen and oxygen atoms in total. The summed E-state index contributed by atoms with van der Waals surface area (Å²) < 4.78 is 5.34. The minimum Gasteiger partial charge on any atom is -0.310 e. The van der Waals surface area contributed by atoms with Crippen LogP contribution in [0.15, 0.2) is 133 Å². The van der Waals surface area contributed by atoms with Gasteiger partial charge in [0, 0.05) is 65.1 Å². The second-order valence-electron chi connectivity index (χ2n) is 16.6. The lowest BCUT2D eigenvalue weighted by Crippen LogP contribution is -2.11. The standard InChI is InChI=1S/C54H46N2S2/c1-31-17-32(2)22-41(21-31)55(42-23-33(3)18-34(4)24-42)39-13-15-47-49(29-39)57-53-51(47)45-11-9-10-12-46(45)52-48-16-14-40(30-50(48)58-54(52)53)56(43-25-35(5)19-36(6)26-43)44-27-37(7)20-38(8)28-44/h9-30H,1-8H3. The molecule has 0 atom stereocenters. The normalized spacial score (nSPS) is 11.8. The molecule has 0 unspecified atom stereocenters. The van der Waals surface area contributed by atoms with Crippen LogP contribution in [0.5, 0.6) is 0 Å². The molecule has 0 aliphatic rings. The summed E-state index contributed by atoms with van der Waals surface area (Å²) in [4.78, 5) is 4.88. The molecular weight excluding hydrogens is 741 g/mol. The highest BCUT2D eigenvalue weighted by Gasteiger charge is 2.22. The lowest BCUT2D eigenvalue weighted by Gasteiger charge is -2.27. The van der Waals surface area contributed by atoms with E-state index in [9.17, 15) is 0 Å². The van der Waals surface area contributed by atoms with Crippen LogP contribution in [0, 0.1) is 55.4 Å². The van der Waals surface area contributed by atoms with E-state index in [0.717, 1.165) is 0 Å². The second-order valence-corrected chi connectivity index (χ2v) is 18.7. The van der Waals surface area contributed by atoms with Crippen molar-refractivity contribution in [1.82, 2.24) is 0 Å². The lowest BCUT2D eigenvalue weighted by atomic mass is 9.98. The number of aryl methyl sites for hydroxylation is 8. The molecule has 2 aromatic heterocycles. The molecule has 0 saturated heterocycles. The smallest absolute Gasteiger partial charge is 0.0540 e. The maximum Gasteiger partial charge on any atom is 0.0540 e. The van der Waals surface area contributed by atoms with E-state index in [4.69, 9.17) is 0 Å². The zero-order valence-electron chi connectivity index (χ0n) is 34.4. The summed E-state index contributed by atoms with van der Waals surface area (Å²) in [5.74, 6) is 0. The van der Waals surface area contributed by atoms with Crippen LogP contribution in [0.1, 0.15) is 44.5 Å². The van der Waals surface area contributed by atoms with Crippen LogP contribution in [-0.4, -0.2) is 0 Å². The molecule has 0 bridgehead atoms. The molecular formula is C54H46N2S2. The third-order valence-corrected chi connectivity index (χ3v) is 13.9. The Labute approximate surface area is 349 Å². The fourth-order valence-electron chi connectivity index (χ4n) is 9.44. The Morgan fingerprint density at radius 3 is 0.879 bits per heavy atom. The van der Waals surface area contributed by atoms with E-state index in [1.165, 1.54) is 130 Å². The van der Waals surface area contributed by atoms with Crippen LogP contribution in [0.2, 0.25) is 0 Å². The molecule has 0 N–H and O–H groups in total. The highest BCUT2D eigenvalue weighted by atomic mass is 32.1. The van der Waals surface area contributed by atoms with Gasteiger partial charge in [0.05, 0.1) is 9.40 Å². The lowest BCUT2D eigenvalue weighted by molar-refractivity contribution is 1.24. The van der Waals surface area contributed by atoms with Crippen LogP contribution in [0.4, 0.5) is 34.1 Å². The summed E-state index contributed by atoms with van der Waals surface area (Å²) in [5.41, 5.74) is 17.2. The van der Waals surface area contributed by atoms with Gasteiger partial charge in [0.25, 0.3) is 0 Å². The van der Waals surface area contributed by atoms with Gasteiger partial charge >= 0.3 is 0 Å². The number of anilines is 6. The van der Waals surface area contributed by atoms with Gasteiger partial charge in [-0.25, -0.2) is 0 Å². The van der Waals surface area contributed by atoms with E-state index in [1.807, 2.05) is 22.7 Å². The number of nitrogens with zero attached hydrogens (tertiary/aromatic N) is 2. The minimum atomic E-state index is 1.17. The number of benzene rings is 8. The van der Waals surface area contributed by atoms with E-state index >= 15 is 0 Å². The van der Waals surface area contributed by atoms with E-state index in [0.29, 0.717) is 0 Å². The predicted molar refractivity (Wildman–Crippen MR) is 257 cm³/mol. The summed E-state index contributed by atoms with van der Waals surface area (Å²) >= 11 is 3.88. The highest BCUT2D eigenvalue weighted by Crippen LogP contribution is 2.51. The van der Waals surface area contributed by atoms with Crippen molar-refractivity contribution in [2.45, 2.75) is 55.4 Å². The quantitative estimate of drug-likeness (QED) is 0.166. The van der Waals surface area contributed by atoms with Gasteiger partial charge in [-0.1, -0.05) is 60.7 Å². The van der Waals surface area contributed by atoms with E-state index < -0.39 is 0 Å². The Morgan fingerprint density at radius 2 is 0.586 bits per heavy atom. The average Bonchev–Trinajstić information content (AvgIpc) is 3.73. The Morgan fingerprint density at radius 1 is 0.293 bits per heavy atom. The Hall–Kier alpha value is -5.94. The van der Waals surface area contributed by atoms with Crippen LogP contribution >= 0.6 is 22.7 Å². The molecule has 2 heterocycles. The Kier molecular flexibility index (Phi) is 8.70. The van der Waals surface area contributed by atoms with Gasteiger partial charge in [-0.15, -0.1) is 22.7 Å². The summed E-state index contributed by atoms with van der Waals surface area (Å²) in [6.07, 6.45) is 0. The number of thiophene rings is 2. The first-order valence-corrected chi connectivity index (χ1v) is 21.8. The van der Waals surface area contributed by atoms with Gasteiger partial charge in [-0.2, -0.15) is 0 Å². The zero-order chi connectivity index (χ0) is 40.0. The number of fused-ring (bicyclic) bond motifs is 10. The van der Waals surface area contributed by atoms with Crippen molar-refractivity contribution in [1.29, 1.82) is 0 Å². The molecule has 0 fully saturated rings. The van der Waals surface area contributed by atoms with Crippen LogP contribution < -0.4 is 9.80 Å². The van der Waals surface area contributed by atoms with Crippen molar-refractivity contribution in [3.05, 3.63) is 178 Å². The van der Waals surface area contributed by atoms with Crippen molar-refractivity contribution < 1.29 is 0 Å². The first kappa shape index (κ1) is 36.4. The van der Waals surface area contributed by atoms with Gasteiger partial charge in [-0.05, 0) is 183 Å². The monoisotopic (exact) mass is 786 g/mol. The first-order valence-electron chi connectivity index (χ1n) is 20.1. The Balaban J connectivity index is 1.20. The van der Waals surface area contributed by atoms with Gasteiger partial charge in [-0.3, -0.25) is 0 Å². The topological polar surface area (TPSA) is 6.48 Å². The largest absolute Gasteiger partial charge is 0.310 e. The number of hydrogen-bond acceptors (Lipinski definition) is 4. The van der Waals surface area contributed by atoms with Crippen molar-refractivity contribution in [2.75, 3.05) is 9.80 Å². The first-order chi connectivity index (χ1) is 28.0. The van der Waals surface area contributed by atoms with Crippen molar-refractivity contribution in [3.63, 3.8) is 0 Å². The Bertz CT molecular complexity index is 2890. The molecule has 0 aliphatic carbocycles. The fraction of sp³-hybridized carbons (Fsp3) is 0.148. The van der Waals surface area contributed by atoms with Gasteiger partial charge in [0.1, 0.15) is 0 Å². The molecule has 0 spiro atoms. The van der Waals surface area contributed by atoms with Crippen LogP contribution in [0.25, 0.3) is 51.1 Å². The highest BCUT2D eigenvalue weighted by molar-refractivity contribution is 7.33. The molecule has 8 aromatic carbocycles. The summed E-state index contributed by atoms with van der Waals surface area (Å²) in [5, 5.41) is 7.99. The average molecular weight is 787 g/mol. The van der Waals surface area contributed by atoms with E-state index in [2.05, 4.69) is 199 Å². The van der Waals surface area contributed by atoms with Gasteiger partial charge < -0.3 is 9.80 Å². The SMILES string of the molecule is Cc1cc(C)cc(N(c2cc(C)cc(C)c2)c2ccc3c(c2)sc2c4sc5cc(N(c6cc(C)cc(C)c6)c6cc(C)cc(C)c6)ccc5c4c4ccccc4c32)c1. The van der Waals surface area contributed by atoms with Gasteiger partial charge in [0.2, 0.25) is 0 Å². The molecule has 4 heteroatoms. The van der Waals surface area contributed by atoms with Crippen LogP contribution in [-0.2, 0) is 0 Å².